The summed E-state index contributed by atoms with van der Waals surface area (Å²) in [7, 11) is 1.70. The average Bonchev–Trinajstić information content (AvgIpc) is 3.09. The number of carbonyl (C=O) groups is 1. The molecule has 0 radical (unpaired) electrons. The maximum Gasteiger partial charge on any atom is 0.161 e. The Morgan fingerprint density at radius 3 is 2.43 bits per heavy atom. The number of hydrogen-bond donors (Lipinski definition) is 0. The highest BCUT2D eigenvalue weighted by molar-refractivity contribution is 5.79. The predicted octanol–water partition coefficient (Wildman–Crippen LogP) is 4.81. The van der Waals surface area contributed by atoms with Crippen LogP contribution in [0.15, 0.2) is 18.2 Å². The van der Waals surface area contributed by atoms with Gasteiger partial charge in [0, 0.05) is 12.8 Å². The summed E-state index contributed by atoms with van der Waals surface area (Å²) < 4.78 is 11.7. The van der Waals surface area contributed by atoms with Crippen LogP contribution in [0.3, 0.4) is 0 Å². The maximum atomic E-state index is 11.7. The lowest BCUT2D eigenvalue weighted by molar-refractivity contribution is -0.121. The minimum atomic E-state index is 0.119. The zero-order valence-electron chi connectivity index (χ0n) is 14.4. The second-order valence-corrected chi connectivity index (χ2v) is 7.06. The zero-order valence-corrected chi connectivity index (χ0v) is 14.4. The van der Waals surface area contributed by atoms with E-state index in [-0.39, 0.29) is 5.41 Å². The fraction of sp³-hybridized carbons (Fsp3) is 0.650. The topological polar surface area (TPSA) is 35.5 Å². The molecular formula is C20H28O3. The van der Waals surface area contributed by atoms with Crippen LogP contribution in [-0.2, 0) is 10.2 Å². The molecule has 2 aliphatic rings. The van der Waals surface area contributed by atoms with E-state index in [1.54, 1.807) is 7.11 Å². The SMILES string of the molecule is CCC1(c2ccc(OC)c(OC3CCCC3)c2)CCC(=O)CC1. The standard InChI is InChI=1S/C20H28O3/c1-3-20(12-10-16(21)11-13-20)15-8-9-18(22-2)19(14-15)23-17-6-4-5-7-17/h8-9,14,17H,3-7,10-13H2,1-2H3. The van der Waals surface area contributed by atoms with E-state index < -0.39 is 0 Å². The summed E-state index contributed by atoms with van der Waals surface area (Å²) in [5, 5.41) is 0. The zero-order chi connectivity index (χ0) is 16.3. The van der Waals surface area contributed by atoms with Crippen molar-refractivity contribution < 1.29 is 14.3 Å². The third kappa shape index (κ3) is 3.39. The molecule has 1 aromatic rings. The Kier molecular flexibility index (Phi) is 4.93. The number of ether oxygens (including phenoxy) is 2. The van der Waals surface area contributed by atoms with Crippen LogP contribution in [-0.4, -0.2) is 19.0 Å². The summed E-state index contributed by atoms with van der Waals surface area (Å²) in [6, 6.07) is 6.38. The Morgan fingerprint density at radius 2 is 1.83 bits per heavy atom. The van der Waals surface area contributed by atoms with E-state index in [1.165, 1.54) is 18.4 Å². The summed E-state index contributed by atoms with van der Waals surface area (Å²) in [6.45, 7) is 2.23. The van der Waals surface area contributed by atoms with Gasteiger partial charge in [0.2, 0.25) is 0 Å². The second kappa shape index (κ2) is 6.94. The number of rotatable bonds is 5. The molecule has 0 bridgehead atoms. The van der Waals surface area contributed by atoms with Gasteiger partial charge in [-0.2, -0.15) is 0 Å². The van der Waals surface area contributed by atoms with Crippen molar-refractivity contribution >= 4 is 5.78 Å². The van der Waals surface area contributed by atoms with Gasteiger partial charge in [0.1, 0.15) is 5.78 Å². The van der Waals surface area contributed by atoms with Crippen molar-refractivity contribution in [2.24, 2.45) is 0 Å². The van der Waals surface area contributed by atoms with Gasteiger partial charge in [-0.3, -0.25) is 4.79 Å². The van der Waals surface area contributed by atoms with E-state index in [1.807, 2.05) is 6.07 Å². The Hall–Kier alpha value is -1.51. The number of hydrogen-bond acceptors (Lipinski definition) is 3. The largest absolute Gasteiger partial charge is 0.493 e. The molecule has 0 saturated heterocycles. The first-order valence-corrected chi connectivity index (χ1v) is 9.04. The van der Waals surface area contributed by atoms with Crippen molar-refractivity contribution in [3.63, 3.8) is 0 Å². The molecule has 0 aliphatic heterocycles. The highest BCUT2D eigenvalue weighted by Gasteiger charge is 2.35. The van der Waals surface area contributed by atoms with Crippen LogP contribution in [0.4, 0.5) is 0 Å². The molecule has 0 N–H and O–H groups in total. The molecule has 2 fully saturated rings. The first-order chi connectivity index (χ1) is 11.2. The summed E-state index contributed by atoms with van der Waals surface area (Å²) in [5.41, 5.74) is 1.43. The smallest absolute Gasteiger partial charge is 0.161 e. The minimum absolute atomic E-state index is 0.119. The predicted molar refractivity (Wildman–Crippen MR) is 91.3 cm³/mol. The van der Waals surface area contributed by atoms with Crippen LogP contribution in [0, 0.1) is 0 Å². The van der Waals surface area contributed by atoms with Gasteiger partial charge in [0.05, 0.1) is 13.2 Å². The lowest BCUT2D eigenvalue weighted by Crippen LogP contribution is -2.31. The normalized spacial score (nSPS) is 21.4. The Morgan fingerprint density at radius 1 is 1.13 bits per heavy atom. The quantitative estimate of drug-likeness (QED) is 0.782. The third-order valence-corrected chi connectivity index (χ3v) is 5.81. The highest BCUT2D eigenvalue weighted by atomic mass is 16.5. The van der Waals surface area contributed by atoms with Crippen molar-refractivity contribution in [1.82, 2.24) is 0 Å². The lowest BCUT2D eigenvalue weighted by atomic mass is 9.67. The van der Waals surface area contributed by atoms with Gasteiger partial charge in [0.15, 0.2) is 11.5 Å². The summed E-state index contributed by atoms with van der Waals surface area (Å²) >= 11 is 0. The Labute approximate surface area is 139 Å². The van der Waals surface area contributed by atoms with Crippen LogP contribution >= 0.6 is 0 Å². The molecular weight excluding hydrogens is 288 g/mol. The minimum Gasteiger partial charge on any atom is -0.493 e. The molecule has 126 valence electrons. The average molecular weight is 316 g/mol. The molecule has 1 aromatic carbocycles. The summed E-state index contributed by atoms with van der Waals surface area (Å²) in [6.07, 6.45) is 9.51. The summed E-state index contributed by atoms with van der Waals surface area (Å²) in [5.74, 6) is 2.10. The molecule has 0 spiro atoms. The molecule has 3 heteroatoms. The van der Waals surface area contributed by atoms with E-state index in [2.05, 4.69) is 19.1 Å². The van der Waals surface area contributed by atoms with E-state index >= 15 is 0 Å². The maximum absolute atomic E-state index is 11.7. The van der Waals surface area contributed by atoms with Crippen LogP contribution in [0.25, 0.3) is 0 Å². The van der Waals surface area contributed by atoms with Gasteiger partial charge in [-0.25, -0.2) is 0 Å². The lowest BCUT2D eigenvalue weighted by Gasteiger charge is -2.37. The molecule has 2 aliphatic carbocycles. The second-order valence-electron chi connectivity index (χ2n) is 7.06. The van der Waals surface area contributed by atoms with E-state index in [0.29, 0.717) is 24.7 Å². The molecule has 3 nitrogen and oxygen atoms in total. The molecule has 3 rings (SSSR count). The van der Waals surface area contributed by atoms with Crippen LogP contribution in [0.2, 0.25) is 0 Å². The highest BCUT2D eigenvalue weighted by Crippen LogP contribution is 2.44. The van der Waals surface area contributed by atoms with Gasteiger partial charge in [-0.1, -0.05) is 13.0 Å². The fourth-order valence-electron chi connectivity index (χ4n) is 4.14. The number of Topliss-reactive ketones (excluding diaryl/α,β-unsaturated/α-hetero) is 1. The van der Waals surface area contributed by atoms with E-state index in [9.17, 15) is 4.79 Å². The fourth-order valence-corrected chi connectivity index (χ4v) is 4.14. The van der Waals surface area contributed by atoms with Crippen molar-refractivity contribution in [2.75, 3.05) is 7.11 Å². The van der Waals surface area contributed by atoms with Gasteiger partial charge in [-0.15, -0.1) is 0 Å². The van der Waals surface area contributed by atoms with Crippen molar-refractivity contribution in [3.05, 3.63) is 23.8 Å². The molecule has 0 atom stereocenters. The van der Waals surface area contributed by atoms with Crippen molar-refractivity contribution in [1.29, 1.82) is 0 Å². The molecule has 0 amide bonds. The van der Waals surface area contributed by atoms with Crippen molar-refractivity contribution in [2.45, 2.75) is 76.2 Å². The van der Waals surface area contributed by atoms with Crippen LogP contribution < -0.4 is 9.47 Å². The molecule has 2 saturated carbocycles. The Balaban J connectivity index is 1.87. The van der Waals surface area contributed by atoms with Gasteiger partial charge < -0.3 is 9.47 Å². The molecule has 0 unspecified atom stereocenters. The number of benzene rings is 1. The number of ketones is 1. The van der Waals surface area contributed by atoms with E-state index in [0.717, 1.165) is 43.6 Å². The van der Waals surface area contributed by atoms with E-state index in [4.69, 9.17) is 9.47 Å². The summed E-state index contributed by atoms with van der Waals surface area (Å²) in [4.78, 5) is 11.7. The van der Waals surface area contributed by atoms with Crippen LogP contribution in [0.1, 0.15) is 70.3 Å². The molecule has 0 heterocycles. The van der Waals surface area contributed by atoms with Gasteiger partial charge in [-0.05, 0) is 68.1 Å². The first-order valence-electron chi connectivity index (χ1n) is 9.04. The van der Waals surface area contributed by atoms with Crippen LogP contribution in [0.5, 0.6) is 11.5 Å². The first kappa shape index (κ1) is 16.4. The van der Waals surface area contributed by atoms with Gasteiger partial charge >= 0.3 is 0 Å². The molecule has 0 aromatic heterocycles. The van der Waals surface area contributed by atoms with Gasteiger partial charge in [0.25, 0.3) is 0 Å². The number of methoxy groups -OCH3 is 1. The molecule has 23 heavy (non-hydrogen) atoms. The Bertz CT molecular complexity index is 548. The number of carbonyl (C=O) groups excluding carboxylic acids is 1. The third-order valence-electron chi connectivity index (χ3n) is 5.81. The monoisotopic (exact) mass is 316 g/mol. The van der Waals surface area contributed by atoms with Crippen molar-refractivity contribution in [3.8, 4) is 11.5 Å².